The summed E-state index contributed by atoms with van der Waals surface area (Å²) in [6.07, 6.45) is 1.87. The van der Waals surface area contributed by atoms with Crippen molar-refractivity contribution in [3.8, 4) is 5.75 Å². The summed E-state index contributed by atoms with van der Waals surface area (Å²) >= 11 is 0. The van der Waals surface area contributed by atoms with E-state index in [1.165, 1.54) is 16.4 Å². The first-order valence-corrected chi connectivity index (χ1v) is 11.5. The van der Waals surface area contributed by atoms with Crippen molar-refractivity contribution >= 4 is 15.9 Å². The fraction of sp³-hybridized carbons (Fsp3) is 0.409. The largest absolute Gasteiger partial charge is 0.484 e. The van der Waals surface area contributed by atoms with E-state index in [2.05, 4.69) is 17.3 Å². The van der Waals surface area contributed by atoms with Gasteiger partial charge in [0.1, 0.15) is 5.75 Å². The van der Waals surface area contributed by atoms with Crippen molar-refractivity contribution in [2.75, 3.05) is 33.8 Å². The number of benzene rings is 2. The third-order valence-corrected chi connectivity index (χ3v) is 7.05. The van der Waals surface area contributed by atoms with Crippen LogP contribution in [0.15, 0.2) is 59.5 Å². The van der Waals surface area contributed by atoms with Crippen molar-refractivity contribution < 1.29 is 17.9 Å². The van der Waals surface area contributed by atoms with Crippen LogP contribution < -0.4 is 10.1 Å². The van der Waals surface area contributed by atoms with Gasteiger partial charge in [0.05, 0.1) is 4.90 Å². The van der Waals surface area contributed by atoms with Crippen molar-refractivity contribution in [2.45, 2.75) is 30.3 Å². The SMILES string of the molecule is CN1CCC(NC(=O)COc2ccc(S(=O)(=O)N(C)Cc3ccccc3)cc2)CC1. The molecule has 7 nitrogen and oxygen atoms in total. The second kappa shape index (κ2) is 10.1. The Morgan fingerprint density at radius 3 is 2.37 bits per heavy atom. The molecule has 1 N–H and O–H groups in total. The minimum absolute atomic E-state index is 0.0909. The standard InChI is InChI=1S/C22H29N3O4S/c1-24-14-12-19(13-15-24)23-22(26)17-29-20-8-10-21(11-9-20)30(27,28)25(2)16-18-6-4-3-5-7-18/h3-11,19H,12-17H2,1-2H3,(H,23,26). The van der Waals surface area contributed by atoms with Gasteiger partial charge in [0.15, 0.2) is 6.61 Å². The zero-order valence-electron chi connectivity index (χ0n) is 17.5. The number of nitrogens with zero attached hydrogens (tertiary/aromatic N) is 2. The van der Waals surface area contributed by atoms with Gasteiger partial charge in [-0.3, -0.25) is 4.79 Å². The number of hydrogen-bond acceptors (Lipinski definition) is 5. The molecule has 8 heteroatoms. The van der Waals surface area contributed by atoms with Gasteiger partial charge in [0, 0.05) is 19.6 Å². The number of amides is 1. The van der Waals surface area contributed by atoms with Crippen LogP contribution in [-0.2, 0) is 21.4 Å². The summed E-state index contributed by atoms with van der Waals surface area (Å²) in [6.45, 7) is 2.14. The number of piperidine rings is 1. The molecule has 162 valence electrons. The monoisotopic (exact) mass is 431 g/mol. The third kappa shape index (κ3) is 6.04. The molecule has 1 fully saturated rings. The molecule has 0 bridgehead atoms. The molecule has 1 aliphatic heterocycles. The number of hydrogen-bond donors (Lipinski definition) is 1. The Hall–Kier alpha value is -2.42. The van der Waals surface area contributed by atoms with E-state index in [0.29, 0.717) is 12.3 Å². The van der Waals surface area contributed by atoms with Crippen molar-refractivity contribution in [1.29, 1.82) is 0 Å². The van der Waals surface area contributed by atoms with Crippen LogP contribution in [-0.4, -0.2) is 63.4 Å². The maximum absolute atomic E-state index is 12.8. The molecule has 0 radical (unpaired) electrons. The van der Waals surface area contributed by atoms with Gasteiger partial charge >= 0.3 is 0 Å². The van der Waals surface area contributed by atoms with E-state index in [1.54, 1.807) is 19.2 Å². The zero-order valence-corrected chi connectivity index (χ0v) is 18.3. The Labute approximate surface area is 178 Å². The molecule has 1 amide bonds. The number of nitrogens with one attached hydrogen (secondary N) is 1. The molecule has 1 saturated heterocycles. The normalized spacial score (nSPS) is 15.8. The van der Waals surface area contributed by atoms with Crippen LogP contribution in [0.1, 0.15) is 18.4 Å². The summed E-state index contributed by atoms with van der Waals surface area (Å²) in [5.41, 5.74) is 0.916. The molecule has 0 aromatic heterocycles. The maximum atomic E-state index is 12.8. The minimum Gasteiger partial charge on any atom is -0.484 e. The van der Waals surface area contributed by atoms with Crippen LogP contribution in [0.3, 0.4) is 0 Å². The molecule has 0 unspecified atom stereocenters. The molecule has 0 saturated carbocycles. The van der Waals surface area contributed by atoms with Crippen LogP contribution in [0.4, 0.5) is 0 Å². The first-order chi connectivity index (χ1) is 14.3. The van der Waals surface area contributed by atoms with Crippen molar-refractivity contribution in [3.63, 3.8) is 0 Å². The second-order valence-electron chi connectivity index (χ2n) is 7.65. The van der Waals surface area contributed by atoms with Crippen LogP contribution in [0.2, 0.25) is 0 Å². The minimum atomic E-state index is -3.61. The molecule has 2 aromatic rings. The molecule has 0 spiro atoms. The van der Waals surface area contributed by atoms with E-state index in [0.717, 1.165) is 31.5 Å². The van der Waals surface area contributed by atoms with Gasteiger partial charge < -0.3 is 15.0 Å². The zero-order chi connectivity index (χ0) is 21.6. The Kier molecular flexibility index (Phi) is 7.47. The van der Waals surface area contributed by atoms with Gasteiger partial charge in [-0.05, 0) is 62.8 Å². The lowest BCUT2D eigenvalue weighted by atomic mass is 10.1. The first-order valence-electron chi connectivity index (χ1n) is 10.1. The van der Waals surface area contributed by atoms with Crippen LogP contribution in [0.5, 0.6) is 5.75 Å². The summed E-state index contributed by atoms with van der Waals surface area (Å²) in [5, 5.41) is 2.99. The van der Waals surface area contributed by atoms with Gasteiger partial charge in [0.2, 0.25) is 10.0 Å². The number of ether oxygens (including phenoxy) is 1. The predicted molar refractivity (Wildman–Crippen MR) is 116 cm³/mol. The van der Waals surface area contributed by atoms with Crippen molar-refractivity contribution in [2.24, 2.45) is 0 Å². The smallest absolute Gasteiger partial charge is 0.258 e. The lowest BCUT2D eigenvalue weighted by molar-refractivity contribution is -0.124. The average molecular weight is 432 g/mol. The third-order valence-electron chi connectivity index (χ3n) is 5.23. The fourth-order valence-electron chi connectivity index (χ4n) is 3.38. The maximum Gasteiger partial charge on any atom is 0.258 e. The molecule has 0 aliphatic carbocycles. The Morgan fingerprint density at radius 2 is 1.73 bits per heavy atom. The van der Waals surface area contributed by atoms with Crippen LogP contribution in [0, 0.1) is 0 Å². The Balaban J connectivity index is 1.52. The number of rotatable bonds is 8. The number of carbonyl (C=O) groups excluding carboxylic acids is 1. The summed E-state index contributed by atoms with van der Waals surface area (Å²) in [5.74, 6) is 0.294. The molecule has 0 atom stereocenters. The quantitative estimate of drug-likeness (QED) is 0.693. The van der Waals surface area contributed by atoms with Gasteiger partial charge in [-0.2, -0.15) is 4.31 Å². The highest BCUT2D eigenvalue weighted by atomic mass is 32.2. The lowest BCUT2D eigenvalue weighted by Gasteiger charge is -2.29. The van der Waals surface area contributed by atoms with Crippen molar-refractivity contribution in [1.82, 2.24) is 14.5 Å². The van der Waals surface area contributed by atoms with E-state index in [4.69, 9.17) is 4.74 Å². The lowest BCUT2D eigenvalue weighted by Crippen LogP contribution is -2.44. The van der Waals surface area contributed by atoms with Gasteiger partial charge in [-0.25, -0.2) is 8.42 Å². The van der Waals surface area contributed by atoms with E-state index in [9.17, 15) is 13.2 Å². The average Bonchev–Trinajstić information content (AvgIpc) is 2.75. The second-order valence-corrected chi connectivity index (χ2v) is 9.70. The summed E-state index contributed by atoms with van der Waals surface area (Å²) in [6, 6.07) is 15.8. The molecule has 30 heavy (non-hydrogen) atoms. The highest BCUT2D eigenvalue weighted by Crippen LogP contribution is 2.20. The summed E-state index contributed by atoms with van der Waals surface area (Å²) in [7, 11) is 0.0151. The first kappa shape index (κ1) is 22.3. The van der Waals surface area contributed by atoms with Crippen molar-refractivity contribution in [3.05, 3.63) is 60.2 Å². The van der Waals surface area contributed by atoms with E-state index < -0.39 is 10.0 Å². The summed E-state index contributed by atoms with van der Waals surface area (Å²) in [4.78, 5) is 14.5. The van der Waals surface area contributed by atoms with Crippen LogP contribution >= 0.6 is 0 Å². The predicted octanol–water partition coefficient (Wildman–Crippen LogP) is 2.10. The van der Waals surface area contributed by atoms with E-state index in [-0.39, 0.29) is 23.5 Å². The van der Waals surface area contributed by atoms with Crippen LogP contribution in [0.25, 0.3) is 0 Å². The molecular weight excluding hydrogens is 402 g/mol. The van der Waals surface area contributed by atoms with E-state index >= 15 is 0 Å². The number of likely N-dealkylation sites (tertiary alicyclic amines) is 1. The van der Waals surface area contributed by atoms with E-state index in [1.807, 2.05) is 30.3 Å². The molecule has 3 rings (SSSR count). The Bertz CT molecular complexity index is 925. The van der Waals surface area contributed by atoms with Gasteiger partial charge in [-0.15, -0.1) is 0 Å². The number of sulfonamides is 1. The Morgan fingerprint density at radius 1 is 1.10 bits per heavy atom. The molecular formula is C22H29N3O4S. The summed E-state index contributed by atoms with van der Waals surface area (Å²) < 4.78 is 32.4. The van der Waals surface area contributed by atoms with Gasteiger partial charge in [-0.1, -0.05) is 30.3 Å². The highest BCUT2D eigenvalue weighted by Gasteiger charge is 2.21. The molecule has 1 heterocycles. The fourth-order valence-corrected chi connectivity index (χ4v) is 4.54. The number of carbonyl (C=O) groups is 1. The highest BCUT2D eigenvalue weighted by molar-refractivity contribution is 7.89. The topological polar surface area (TPSA) is 79.0 Å². The molecule has 2 aromatic carbocycles. The molecule has 1 aliphatic rings. The van der Waals surface area contributed by atoms with Gasteiger partial charge in [0.25, 0.3) is 5.91 Å².